The topological polar surface area (TPSA) is 60.1 Å². The first-order valence-electron chi connectivity index (χ1n) is 7.25. The van der Waals surface area contributed by atoms with Gasteiger partial charge in [0.25, 0.3) is 0 Å². The fourth-order valence-electron chi connectivity index (χ4n) is 2.20. The molecule has 0 saturated heterocycles. The molecule has 0 atom stereocenters. The number of ether oxygens (including phenoxy) is 1. The molecule has 0 unspecified atom stereocenters. The Kier molecular flexibility index (Phi) is 4.38. The highest BCUT2D eigenvalue weighted by atomic mass is 32.1. The molecule has 0 saturated carbocycles. The third-order valence-electron chi connectivity index (χ3n) is 3.34. The van der Waals surface area contributed by atoms with Crippen LogP contribution in [0.4, 0.5) is 0 Å². The van der Waals surface area contributed by atoms with Crippen molar-refractivity contribution in [2.45, 2.75) is 6.92 Å². The van der Waals surface area contributed by atoms with Crippen molar-refractivity contribution in [3.05, 3.63) is 53.1 Å². The number of nitrogens with one attached hydrogen (secondary N) is 1. The number of hydrogen-bond donors (Lipinski definition) is 1. The lowest BCUT2D eigenvalue weighted by Crippen LogP contribution is -1.98. The highest BCUT2D eigenvalue weighted by Gasteiger charge is 2.09. The van der Waals surface area contributed by atoms with Crippen LogP contribution in [-0.2, 0) is 7.05 Å². The van der Waals surface area contributed by atoms with Crippen LogP contribution >= 0.6 is 12.2 Å². The summed E-state index contributed by atoms with van der Waals surface area (Å²) in [7, 11) is 1.96. The summed E-state index contributed by atoms with van der Waals surface area (Å²) in [6.07, 6.45) is 3.71. The lowest BCUT2D eigenvalue weighted by atomic mass is 10.2. The maximum atomic E-state index is 5.53. The molecule has 118 valence electrons. The molecule has 0 amide bonds. The van der Waals surface area contributed by atoms with E-state index in [0.29, 0.717) is 17.2 Å². The predicted molar refractivity (Wildman–Crippen MR) is 92.4 cm³/mol. The average molecular weight is 327 g/mol. The van der Waals surface area contributed by atoms with Gasteiger partial charge in [0, 0.05) is 18.8 Å². The standard InChI is InChI=1S/C16H17N5OS/c1-3-22-14-8-4-6-12(10-14)15-18-19-16(23)21(15)17-11-13-7-5-9-20(13)2/h4-11H,3H2,1-2H3,(H,19,23)/b17-11-. The van der Waals surface area contributed by atoms with E-state index >= 15 is 0 Å². The Morgan fingerprint density at radius 2 is 2.22 bits per heavy atom. The van der Waals surface area contributed by atoms with E-state index in [-0.39, 0.29) is 0 Å². The summed E-state index contributed by atoms with van der Waals surface area (Å²) >= 11 is 5.28. The van der Waals surface area contributed by atoms with E-state index in [4.69, 9.17) is 17.0 Å². The number of aromatic nitrogens is 4. The van der Waals surface area contributed by atoms with Crippen molar-refractivity contribution in [2.24, 2.45) is 12.1 Å². The van der Waals surface area contributed by atoms with Crippen LogP contribution in [0.1, 0.15) is 12.6 Å². The van der Waals surface area contributed by atoms with E-state index in [1.165, 1.54) is 0 Å². The van der Waals surface area contributed by atoms with Gasteiger partial charge in [-0.05, 0) is 43.4 Å². The van der Waals surface area contributed by atoms with E-state index in [0.717, 1.165) is 17.0 Å². The second kappa shape index (κ2) is 6.62. The SMILES string of the molecule is CCOc1cccc(-c2n[nH]c(=S)n2/N=C\c2cccn2C)c1. The zero-order valence-electron chi connectivity index (χ0n) is 12.9. The van der Waals surface area contributed by atoms with E-state index in [1.807, 2.05) is 61.1 Å². The smallest absolute Gasteiger partial charge is 0.216 e. The molecule has 23 heavy (non-hydrogen) atoms. The summed E-state index contributed by atoms with van der Waals surface area (Å²) in [5.74, 6) is 1.43. The minimum absolute atomic E-state index is 0.437. The molecule has 0 aliphatic rings. The Morgan fingerprint density at radius 1 is 1.35 bits per heavy atom. The molecule has 2 aromatic heterocycles. The van der Waals surface area contributed by atoms with Gasteiger partial charge in [-0.25, -0.2) is 5.10 Å². The molecule has 0 aliphatic carbocycles. The summed E-state index contributed by atoms with van der Waals surface area (Å²) < 4.78 is 9.55. The molecule has 1 N–H and O–H groups in total. The van der Waals surface area contributed by atoms with Crippen LogP contribution in [0.15, 0.2) is 47.7 Å². The van der Waals surface area contributed by atoms with E-state index in [1.54, 1.807) is 10.9 Å². The van der Waals surface area contributed by atoms with Crippen LogP contribution in [-0.4, -0.2) is 32.3 Å². The molecule has 3 rings (SSSR count). The van der Waals surface area contributed by atoms with Gasteiger partial charge < -0.3 is 9.30 Å². The molecule has 1 aromatic carbocycles. The second-order valence-electron chi connectivity index (χ2n) is 4.91. The molecule has 6 nitrogen and oxygen atoms in total. The van der Waals surface area contributed by atoms with Crippen LogP contribution in [0.2, 0.25) is 0 Å². The first-order valence-corrected chi connectivity index (χ1v) is 7.66. The van der Waals surface area contributed by atoms with Gasteiger partial charge in [0.15, 0.2) is 5.82 Å². The zero-order chi connectivity index (χ0) is 16.2. The number of aryl methyl sites for hydroxylation is 1. The molecule has 7 heteroatoms. The van der Waals surface area contributed by atoms with Crippen molar-refractivity contribution in [3.63, 3.8) is 0 Å². The Morgan fingerprint density at radius 3 is 2.96 bits per heavy atom. The molecule has 3 aromatic rings. The van der Waals surface area contributed by atoms with Crippen LogP contribution in [0.25, 0.3) is 11.4 Å². The van der Waals surface area contributed by atoms with Crippen molar-refractivity contribution in [1.82, 2.24) is 19.4 Å². The maximum absolute atomic E-state index is 5.53. The highest BCUT2D eigenvalue weighted by molar-refractivity contribution is 7.71. The summed E-state index contributed by atoms with van der Waals surface area (Å²) in [6, 6.07) is 11.6. The van der Waals surface area contributed by atoms with Gasteiger partial charge in [-0.15, -0.1) is 0 Å². The van der Waals surface area contributed by atoms with Crippen molar-refractivity contribution < 1.29 is 4.74 Å². The maximum Gasteiger partial charge on any atom is 0.216 e. The van der Waals surface area contributed by atoms with Crippen molar-refractivity contribution in [1.29, 1.82) is 0 Å². The number of rotatable bonds is 5. The van der Waals surface area contributed by atoms with Gasteiger partial charge in [-0.2, -0.15) is 14.9 Å². The van der Waals surface area contributed by atoms with Crippen LogP contribution in [0.3, 0.4) is 0 Å². The zero-order valence-corrected chi connectivity index (χ0v) is 13.7. The number of hydrogen-bond acceptors (Lipinski definition) is 4. The molecular formula is C16H17N5OS. The highest BCUT2D eigenvalue weighted by Crippen LogP contribution is 2.22. The Bertz CT molecular complexity index is 890. The summed E-state index contributed by atoms with van der Waals surface area (Å²) in [4.78, 5) is 0. The number of benzene rings is 1. The minimum atomic E-state index is 0.437. The fraction of sp³-hybridized carbons (Fsp3) is 0.188. The van der Waals surface area contributed by atoms with Gasteiger partial charge in [-0.3, -0.25) is 0 Å². The van der Waals surface area contributed by atoms with Crippen LogP contribution in [0.5, 0.6) is 5.75 Å². The second-order valence-corrected chi connectivity index (χ2v) is 5.30. The molecule has 2 heterocycles. The van der Waals surface area contributed by atoms with Gasteiger partial charge in [-0.1, -0.05) is 12.1 Å². The Hall–Kier alpha value is -2.67. The lowest BCUT2D eigenvalue weighted by Gasteiger charge is -2.05. The van der Waals surface area contributed by atoms with Gasteiger partial charge in [0.1, 0.15) is 5.75 Å². The van der Waals surface area contributed by atoms with Crippen LogP contribution in [0, 0.1) is 4.77 Å². The average Bonchev–Trinajstić information content (AvgIpc) is 3.12. The van der Waals surface area contributed by atoms with Crippen molar-refractivity contribution in [3.8, 4) is 17.1 Å². The fourth-order valence-corrected chi connectivity index (χ4v) is 2.38. The number of nitrogens with zero attached hydrogens (tertiary/aromatic N) is 4. The van der Waals surface area contributed by atoms with E-state index < -0.39 is 0 Å². The number of aromatic amines is 1. The summed E-state index contributed by atoms with van der Waals surface area (Å²) in [5, 5.41) is 11.5. The van der Waals surface area contributed by atoms with E-state index in [2.05, 4.69) is 15.3 Å². The molecule has 0 aliphatic heterocycles. The molecule has 0 spiro atoms. The monoisotopic (exact) mass is 327 g/mol. The normalized spacial score (nSPS) is 11.2. The summed E-state index contributed by atoms with van der Waals surface area (Å²) in [5.41, 5.74) is 1.86. The Balaban J connectivity index is 1.99. The van der Waals surface area contributed by atoms with Crippen molar-refractivity contribution in [2.75, 3.05) is 6.61 Å². The molecular weight excluding hydrogens is 310 g/mol. The first-order chi connectivity index (χ1) is 11.2. The van der Waals surface area contributed by atoms with Crippen molar-refractivity contribution >= 4 is 18.4 Å². The van der Waals surface area contributed by atoms with E-state index in [9.17, 15) is 0 Å². The van der Waals surface area contributed by atoms with Gasteiger partial charge >= 0.3 is 0 Å². The van der Waals surface area contributed by atoms with Crippen LogP contribution < -0.4 is 4.74 Å². The lowest BCUT2D eigenvalue weighted by molar-refractivity contribution is 0.340. The third kappa shape index (κ3) is 3.24. The molecule has 0 radical (unpaired) electrons. The first kappa shape index (κ1) is 15.2. The van der Waals surface area contributed by atoms with Gasteiger partial charge in [0.05, 0.1) is 18.5 Å². The minimum Gasteiger partial charge on any atom is -0.494 e. The third-order valence-corrected chi connectivity index (χ3v) is 3.61. The Labute approximate surface area is 139 Å². The molecule has 0 fully saturated rings. The quantitative estimate of drug-likeness (QED) is 0.578. The molecule has 0 bridgehead atoms. The largest absolute Gasteiger partial charge is 0.494 e. The summed E-state index contributed by atoms with van der Waals surface area (Å²) in [6.45, 7) is 2.56. The van der Waals surface area contributed by atoms with Gasteiger partial charge in [0.2, 0.25) is 4.77 Å². The predicted octanol–water partition coefficient (Wildman–Crippen LogP) is 3.23. The number of H-pyrrole nitrogens is 1.